The lowest BCUT2D eigenvalue weighted by Crippen LogP contribution is -2.33. The Balaban J connectivity index is 0.970. The average molecular weight is 1150 g/mol. The summed E-state index contributed by atoms with van der Waals surface area (Å²) < 4.78 is 50.4. The number of nitriles is 1. The van der Waals surface area contributed by atoms with Crippen LogP contribution in [0.3, 0.4) is 0 Å². The number of rotatable bonds is 26. The van der Waals surface area contributed by atoms with E-state index in [2.05, 4.69) is 13.2 Å². The van der Waals surface area contributed by atoms with Gasteiger partial charge in [-0.15, -0.1) is 0 Å². The quantitative estimate of drug-likeness (QED) is 0.0209. The predicted molar refractivity (Wildman–Crippen MR) is 290 cm³/mol. The third-order valence-corrected chi connectivity index (χ3v) is 17.9. The molecule has 4 aliphatic carbocycles. The van der Waals surface area contributed by atoms with E-state index in [9.17, 15) is 48.4 Å². The number of thioether (sulfide) groups is 2. The summed E-state index contributed by atoms with van der Waals surface area (Å²) in [6.45, 7) is 11.6. The first-order valence-corrected chi connectivity index (χ1v) is 29.8. The van der Waals surface area contributed by atoms with E-state index in [-0.39, 0.29) is 120 Å². The molecule has 1 aliphatic heterocycles. The third-order valence-electron chi connectivity index (χ3n) is 15.3. The van der Waals surface area contributed by atoms with Crippen LogP contribution in [0.25, 0.3) is 0 Å². The molecule has 80 heavy (non-hydrogen) atoms. The fraction of sp³-hybridized carbons (Fsp3) is 0.627. The molecule has 436 valence electrons. The van der Waals surface area contributed by atoms with Gasteiger partial charge in [0.1, 0.15) is 29.8 Å². The molecule has 0 N–H and O–H groups in total. The average Bonchev–Trinajstić information content (AvgIpc) is 3.93. The fourth-order valence-electron chi connectivity index (χ4n) is 10.1. The number of carbonyl (C=O) groups is 9. The molecule has 6 rings (SSSR count). The topological polar surface area (TPSA) is 260 Å². The summed E-state index contributed by atoms with van der Waals surface area (Å²) in [5, 5.41) is 10.2. The van der Waals surface area contributed by atoms with Crippen LogP contribution in [0, 0.1) is 52.8 Å². The Morgan fingerprint density at radius 1 is 0.525 bits per heavy atom. The summed E-state index contributed by atoms with van der Waals surface area (Å²) in [6, 6.07) is 5.03. The van der Waals surface area contributed by atoms with Crippen LogP contribution >= 0.6 is 23.5 Å². The van der Waals surface area contributed by atoms with Crippen molar-refractivity contribution in [1.29, 1.82) is 5.26 Å². The summed E-state index contributed by atoms with van der Waals surface area (Å²) in [5.74, 6) is -5.92. The first-order valence-electron chi connectivity index (χ1n) is 28.2. The number of benzene rings is 1. The number of esters is 9. The van der Waals surface area contributed by atoms with Gasteiger partial charge < -0.3 is 42.6 Å². The number of unbranched alkanes of at least 4 members (excludes halogenated alkanes) is 2. The summed E-state index contributed by atoms with van der Waals surface area (Å²) in [7, 11) is 0. The van der Waals surface area contributed by atoms with Crippen molar-refractivity contribution in [2.75, 3.05) is 33.0 Å². The summed E-state index contributed by atoms with van der Waals surface area (Å²) in [4.78, 5) is 116. The molecule has 1 aromatic rings. The van der Waals surface area contributed by atoms with Crippen molar-refractivity contribution in [3.63, 3.8) is 0 Å². The number of hydrogen-bond acceptors (Lipinski definition) is 21. The molecule has 1 aromatic carbocycles. The molecule has 4 fully saturated rings. The fourth-order valence-corrected chi connectivity index (χ4v) is 12.6. The van der Waals surface area contributed by atoms with Crippen LogP contribution < -0.4 is 9.47 Å². The van der Waals surface area contributed by atoms with E-state index in [0.717, 1.165) is 42.1 Å². The molecule has 1 heterocycles. The highest BCUT2D eigenvalue weighted by atomic mass is 32.2. The van der Waals surface area contributed by atoms with Gasteiger partial charge in [0.05, 0.1) is 82.6 Å². The van der Waals surface area contributed by atoms with Crippen molar-refractivity contribution in [2.45, 2.75) is 171 Å². The summed E-state index contributed by atoms with van der Waals surface area (Å²) in [5.41, 5.74) is -0.233. The molecule has 0 amide bonds. The van der Waals surface area contributed by atoms with E-state index in [1.54, 1.807) is 0 Å². The number of carbonyl (C=O) groups excluding carboxylic acids is 9. The van der Waals surface area contributed by atoms with Crippen molar-refractivity contribution in [1.82, 2.24) is 0 Å². The van der Waals surface area contributed by atoms with Crippen molar-refractivity contribution in [3.05, 3.63) is 47.3 Å². The minimum atomic E-state index is -0.798. The van der Waals surface area contributed by atoms with Crippen molar-refractivity contribution in [3.8, 4) is 17.6 Å². The zero-order chi connectivity index (χ0) is 57.6. The maximum absolute atomic E-state index is 13.8. The van der Waals surface area contributed by atoms with E-state index >= 15 is 0 Å². The zero-order valence-electron chi connectivity index (χ0n) is 45.9. The maximum Gasteiger partial charge on any atom is 0.350 e. The lowest BCUT2D eigenvalue weighted by Gasteiger charge is -2.30. The molecule has 0 bridgehead atoms. The Bertz CT molecular complexity index is 2330. The number of ether oxygens (including phenoxy) is 9. The minimum Gasteiger partial charge on any atom is -0.465 e. The van der Waals surface area contributed by atoms with Crippen LogP contribution in [-0.4, -0.2) is 99.0 Å². The molecule has 1 atom stereocenters. The predicted octanol–water partition coefficient (Wildman–Crippen LogP) is 9.94. The van der Waals surface area contributed by atoms with Gasteiger partial charge in [0.2, 0.25) is 0 Å². The SMILES string of the molecule is C=CC(=O)OCCCCOC(=O)C1CCC(C(=O)OC2CCC(C(=O)Oc3ccc(OC(=O)C4CCC(OC(=O)C5CCC(C(=O)OCCCCOC(=O)C=C)CC5)CC4)c4c3SC(=C(C#N)C(=O)OC[C@H](C)CC)S4)CC2)CC1. The van der Waals surface area contributed by atoms with E-state index in [1.807, 2.05) is 19.9 Å². The van der Waals surface area contributed by atoms with Gasteiger partial charge in [0.15, 0.2) is 5.57 Å². The van der Waals surface area contributed by atoms with Crippen LogP contribution in [0.15, 0.2) is 57.0 Å². The summed E-state index contributed by atoms with van der Waals surface area (Å²) >= 11 is 2.10. The highest BCUT2D eigenvalue weighted by Gasteiger charge is 2.39. The molecule has 0 saturated heterocycles. The molecule has 4 saturated carbocycles. The van der Waals surface area contributed by atoms with E-state index in [4.69, 9.17) is 42.6 Å². The first-order chi connectivity index (χ1) is 38.6. The van der Waals surface area contributed by atoms with Crippen LogP contribution in [0.1, 0.15) is 149 Å². The van der Waals surface area contributed by atoms with Crippen molar-refractivity contribution in [2.24, 2.45) is 41.4 Å². The van der Waals surface area contributed by atoms with E-state index in [1.165, 1.54) is 12.1 Å². The van der Waals surface area contributed by atoms with Gasteiger partial charge in [-0.25, -0.2) is 14.4 Å². The molecule has 5 aliphatic rings. The van der Waals surface area contributed by atoms with Crippen LogP contribution in [0.2, 0.25) is 0 Å². The minimum absolute atomic E-state index is 0.0689. The van der Waals surface area contributed by atoms with Gasteiger partial charge in [-0.2, -0.15) is 5.26 Å². The Morgan fingerprint density at radius 3 is 1.21 bits per heavy atom. The first kappa shape index (κ1) is 63.0. The maximum atomic E-state index is 13.8. The van der Waals surface area contributed by atoms with Gasteiger partial charge in [-0.3, -0.25) is 28.8 Å². The van der Waals surface area contributed by atoms with Crippen LogP contribution in [0.5, 0.6) is 11.5 Å². The van der Waals surface area contributed by atoms with Crippen LogP contribution in [0.4, 0.5) is 0 Å². The second-order valence-electron chi connectivity index (χ2n) is 21.1. The molecular weight excluding hydrogens is 1070 g/mol. The standard InChI is InChI=1S/C59H75NO18S2/c1-5-36(4)35-74-58(69)45(34-60)59-79-50-46(77-56(67)41-20-24-43(25-21-41)75-54(65)39-16-12-37(13-17-39)52(63)72-32-10-8-30-70-48(61)6-2)28-29-47(51(50)80-59)78-57(68)42-22-26-44(27-23-42)76-55(66)40-18-14-38(15-19-40)53(64)73-33-11-9-31-71-49(62)7-3/h6-7,28-29,36-44H,2-3,5,8-27,30-33,35H2,1,4H3/t36-,37?,38?,39?,40?,41?,42?,43?,44?/m1/s1. The van der Waals surface area contributed by atoms with Gasteiger partial charge in [0.25, 0.3) is 0 Å². The van der Waals surface area contributed by atoms with Gasteiger partial charge in [-0.05, 0) is 146 Å². The van der Waals surface area contributed by atoms with Crippen molar-refractivity contribution < 1.29 is 85.8 Å². The van der Waals surface area contributed by atoms with Crippen molar-refractivity contribution >= 4 is 77.2 Å². The Labute approximate surface area is 476 Å². The molecule has 0 radical (unpaired) electrons. The molecule has 0 aromatic heterocycles. The summed E-state index contributed by atoms with van der Waals surface area (Å²) in [6.07, 6.45) is 11.8. The zero-order valence-corrected chi connectivity index (χ0v) is 47.5. The Kier molecular flexibility index (Phi) is 25.5. The number of fused-ring (bicyclic) bond motifs is 1. The Morgan fingerprint density at radius 2 is 0.863 bits per heavy atom. The van der Waals surface area contributed by atoms with Gasteiger partial charge in [0, 0.05) is 12.2 Å². The highest BCUT2D eigenvalue weighted by molar-refractivity contribution is 8.24. The van der Waals surface area contributed by atoms with Gasteiger partial charge in [-0.1, -0.05) is 56.9 Å². The molecule has 21 heteroatoms. The van der Waals surface area contributed by atoms with E-state index < -0.39 is 41.7 Å². The lowest BCUT2D eigenvalue weighted by atomic mass is 9.82. The normalized spacial score (nSPS) is 23.7. The number of nitrogens with zero attached hydrogens (tertiary/aromatic N) is 1. The second kappa shape index (κ2) is 32.3. The smallest absolute Gasteiger partial charge is 0.350 e. The van der Waals surface area contributed by atoms with Gasteiger partial charge >= 0.3 is 53.7 Å². The molecule has 19 nitrogen and oxygen atoms in total. The Hall–Kier alpha value is -6.14. The molecule has 0 spiro atoms. The largest absolute Gasteiger partial charge is 0.465 e. The second-order valence-corrected chi connectivity index (χ2v) is 23.4. The molecular formula is C59H75NO18S2. The highest BCUT2D eigenvalue weighted by Crippen LogP contribution is 2.59. The third kappa shape index (κ3) is 19.0. The lowest BCUT2D eigenvalue weighted by molar-refractivity contribution is -0.161. The van der Waals surface area contributed by atoms with E-state index in [0.29, 0.717) is 138 Å². The number of hydrogen-bond donors (Lipinski definition) is 0. The monoisotopic (exact) mass is 1150 g/mol. The molecule has 0 unspecified atom stereocenters. The van der Waals surface area contributed by atoms with Crippen LogP contribution in [-0.2, 0) is 76.3 Å².